The fourth-order valence-corrected chi connectivity index (χ4v) is 4.33. The van der Waals surface area contributed by atoms with Crippen LogP contribution in [-0.4, -0.2) is 49.2 Å². The summed E-state index contributed by atoms with van der Waals surface area (Å²) in [4.78, 5) is 19.4. The Labute approximate surface area is 186 Å². The summed E-state index contributed by atoms with van der Waals surface area (Å²) in [6, 6.07) is 16.2. The van der Waals surface area contributed by atoms with Gasteiger partial charge in [-0.25, -0.2) is 4.98 Å². The summed E-state index contributed by atoms with van der Waals surface area (Å²) in [5.74, 6) is 0.771. The molecule has 0 bridgehead atoms. The van der Waals surface area contributed by atoms with Gasteiger partial charge in [-0.3, -0.25) is 9.69 Å². The van der Waals surface area contributed by atoms with Gasteiger partial charge >= 0.3 is 0 Å². The van der Waals surface area contributed by atoms with Crippen molar-refractivity contribution < 1.29 is 14.3 Å². The summed E-state index contributed by atoms with van der Waals surface area (Å²) in [7, 11) is 1.64. The zero-order chi connectivity index (χ0) is 21.5. The van der Waals surface area contributed by atoms with Crippen molar-refractivity contribution in [2.45, 2.75) is 19.5 Å². The van der Waals surface area contributed by atoms with E-state index in [4.69, 9.17) is 14.5 Å². The maximum absolute atomic E-state index is 12.3. The standard InChI is InChI=1S/C24H27N3O3S/c1-29-22-7-5-18(6-8-22)15-25-23(28)14-21-17-31-24(26-21)20-4-2-3-19(13-20)16-27-9-11-30-12-10-27/h2-8,13,17H,9-12,14-16H2,1H3,(H,25,28). The van der Waals surface area contributed by atoms with Gasteiger partial charge in [-0.15, -0.1) is 11.3 Å². The van der Waals surface area contributed by atoms with Crippen LogP contribution in [0.15, 0.2) is 53.9 Å². The molecule has 0 atom stereocenters. The number of benzene rings is 2. The van der Waals surface area contributed by atoms with E-state index in [2.05, 4.69) is 34.5 Å². The lowest BCUT2D eigenvalue weighted by molar-refractivity contribution is -0.120. The topological polar surface area (TPSA) is 63.7 Å². The first-order valence-electron chi connectivity index (χ1n) is 10.4. The molecule has 31 heavy (non-hydrogen) atoms. The van der Waals surface area contributed by atoms with Crippen LogP contribution in [0.3, 0.4) is 0 Å². The highest BCUT2D eigenvalue weighted by Gasteiger charge is 2.13. The van der Waals surface area contributed by atoms with Crippen LogP contribution in [-0.2, 0) is 29.0 Å². The second kappa shape index (κ2) is 10.5. The second-order valence-corrected chi connectivity index (χ2v) is 8.39. The number of morpholine rings is 1. The van der Waals surface area contributed by atoms with Gasteiger partial charge in [0.1, 0.15) is 10.8 Å². The van der Waals surface area contributed by atoms with E-state index in [9.17, 15) is 4.79 Å². The van der Waals surface area contributed by atoms with Gasteiger partial charge < -0.3 is 14.8 Å². The molecule has 1 saturated heterocycles. The van der Waals surface area contributed by atoms with Crippen molar-refractivity contribution in [1.29, 1.82) is 0 Å². The summed E-state index contributed by atoms with van der Waals surface area (Å²) < 4.78 is 10.6. The predicted molar refractivity (Wildman–Crippen MR) is 122 cm³/mol. The molecule has 162 valence electrons. The van der Waals surface area contributed by atoms with E-state index in [0.717, 1.165) is 60.4 Å². The maximum Gasteiger partial charge on any atom is 0.226 e. The fourth-order valence-electron chi connectivity index (χ4n) is 3.51. The van der Waals surface area contributed by atoms with Crippen LogP contribution in [0, 0.1) is 0 Å². The molecule has 1 amide bonds. The van der Waals surface area contributed by atoms with Crippen LogP contribution in [0.5, 0.6) is 5.75 Å². The molecule has 1 aromatic heterocycles. The van der Waals surface area contributed by atoms with Crippen LogP contribution in [0.1, 0.15) is 16.8 Å². The third-order valence-electron chi connectivity index (χ3n) is 5.23. The average Bonchev–Trinajstić information content (AvgIpc) is 3.27. The lowest BCUT2D eigenvalue weighted by Crippen LogP contribution is -2.35. The van der Waals surface area contributed by atoms with Crippen molar-refractivity contribution in [2.75, 3.05) is 33.4 Å². The number of rotatable bonds is 8. The van der Waals surface area contributed by atoms with Gasteiger partial charge in [0.25, 0.3) is 0 Å². The third-order valence-corrected chi connectivity index (χ3v) is 6.17. The number of carbonyl (C=O) groups is 1. The number of hydrogen-bond acceptors (Lipinski definition) is 6. The molecule has 1 aliphatic heterocycles. The molecule has 7 heteroatoms. The van der Waals surface area contributed by atoms with Crippen molar-refractivity contribution in [3.8, 4) is 16.3 Å². The maximum atomic E-state index is 12.3. The number of nitrogens with one attached hydrogen (secondary N) is 1. The van der Waals surface area contributed by atoms with E-state index in [0.29, 0.717) is 6.54 Å². The Morgan fingerprint density at radius 1 is 1.16 bits per heavy atom. The van der Waals surface area contributed by atoms with Crippen LogP contribution < -0.4 is 10.1 Å². The van der Waals surface area contributed by atoms with Crippen LogP contribution in [0.2, 0.25) is 0 Å². The minimum absolute atomic E-state index is 0.0336. The normalized spacial score (nSPS) is 14.4. The molecule has 0 aliphatic carbocycles. The average molecular weight is 438 g/mol. The molecule has 1 fully saturated rings. The third kappa shape index (κ3) is 6.13. The van der Waals surface area contributed by atoms with Gasteiger partial charge in [-0.2, -0.15) is 0 Å². The smallest absolute Gasteiger partial charge is 0.226 e. The lowest BCUT2D eigenvalue weighted by Gasteiger charge is -2.26. The highest BCUT2D eigenvalue weighted by atomic mass is 32.1. The number of aromatic nitrogens is 1. The van der Waals surface area contributed by atoms with E-state index in [1.807, 2.05) is 29.6 Å². The van der Waals surface area contributed by atoms with Gasteiger partial charge in [0, 0.05) is 37.1 Å². The molecule has 0 radical (unpaired) electrons. The van der Waals surface area contributed by atoms with E-state index in [-0.39, 0.29) is 12.3 Å². The Morgan fingerprint density at radius 2 is 1.97 bits per heavy atom. The van der Waals surface area contributed by atoms with Gasteiger partial charge in [0.05, 0.1) is 32.4 Å². The van der Waals surface area contributed by atoms with Crippen molar-refractivity contribution in [2.24, 2.45) is 0 Å². The molecule has 4 rings (SSSR count). The predicted octanol–water partition coefficient (Wildman–Crippen LogP) is 3.51. The molecule has 2 aromatic carbocycles. The molecule has 0 spiro atoms. The van der Waals surface area contributed by atoms with Crippen molar-refractivity contribution >= 4 is 17.2 Å². The van der Waals surface area contributed by atoms with E-state index < -0.39 is 0 Å². The van der Waals surface area contributed by atoms with E-state index >= 15 is 0 Å². The second-order valence-electron chi connectivity index (χ2n) is 7.53. The molecular weight excluding hydrogens is 410 g/mol. The minimum atomic E-state index is -0.0336. The number of thiazole rings is 1. The van der Waals surface area contributed by atoms with Gasteiger partial charge in [0.15, 0.2) is 0 Å². The van der Waals surface area contributed by atoms with Crippen LogP contribution >= 0.6 is 11.3 Å². The number of carbonyl (C=O) groups excluding carboxylic acids is 1. The quantitative estimate of drug-likeness (QED) is 0.584. The molecule has 2 heterocycles. The zero-order valence-electron chi connectivity index (χ0n) is 17.7. The van der Waals surface area contributed by atoms with Crippen molar-refractivity contribution in [3.05, 3.63) is 70.7 Å². The first-order valence-corrected chi connectivity index (χ1v) is 11.3. The van der Waals surface area contributed by atoms with Crippen molar-refractivity contribution in [3.63, 3.8) is 0 Å². The Bertz CT molecular complexity index is 997. The van der Waals surface area contributed by atoms with E-state index in [1.54, 1.807) is 18.4 Å². The summed E-state index contributed by atoms with van der Waals surface area (Å²) in [6.45, 7) is 4.95. The molecule has 1 aliphatic rings. The number of ether oxygens (including phenoxy) is 2. The van der Waals surface area contributed by atoms with E-state index in [1.165, 1.54) is 5.56 Å². The highest BCUT2D eigenvalue weighted by Crippen LogP contribution is 2.25. The molecule has 0 saturated carbocycles. The van der Waals surface area contributed by atoms with Crippen LogP contribution in [0.25, 0.3) is 10.6 Å². The number of nitrogens with zero attached hydrogens (tertiary/aromatic N) is 2. The monoisotopic (exact) mass is 437 g/mol. The zero-order valence-corrected chi connectivity index (χ0v) is 18.5. The fraction of sp³-hybridized carbons (Fsp3) is 0.333. The highest BCUT2D eigenvalue weighted by molar-refractivity contribution is 7.13. The molecule has 6 nitrogen and oxygen atoms in total. The Balaban J connectivity index is 1.32. The molecule has 0 unspecified atom stereocenters. The summed E-state index contributed by atoms with van der Waals surface area (Å²) in [5.41, 5.74) is 4.20. The first kappa shape index (κ1) is 21.5. The minimum Gasteiger partial charge on any atom is -0.497 e. The lowest BCUT2D eigenvalue weighted by atomic mass is 10.1. The number of methoxy groups -OCH3 is 1. The summed E-state index contributed by atoms with van der Waals surface area (Å²) >= 11 is 1.58. The molecule has 3 aromatic rings. The Hall–Kier alpha value is -2.74. The Morgan fingerprint density at radius 3 is 2.74 bits per heavy atom. The first-order chi connectivity index (χ1) is 15.2. The van der Waals surface area contributed by atoms with Gasteiger partial charge in [-0.1, -0.05) is 30.3 Å². The summed E-state index contributed by atoms with van der Waals surface area (Å²) in [6.07, 6.45) is 0.278. The summed E-state index contributed by atoms with van der Waals surface area (Å²) in [5, 5.41) is 5.87. The Kier molecular flexibility index (Phi) is 7.30. The van der Waals surface area contributed by atoms with Crippen LogP contribution in [0.4, 0.5) is 0 Å². The van der Waals surface area contributed by atoms with Crippen molar-refractivity contribution in [1.82, 2.24) is 15.2 Å². The van der Waals surface area contributed by atoms with Gasteiger partial charge in [0.2, 0.25) is 5.91 Å². The van der Waals surface area contributed by atoms with Gasteiger partial charge in [-0.05, 0) is 29.3 Å². The molecular formula is C24H27N3O3S. The SMILES string of the molecule is COc1ccc(CNC(=O)Cc2csc(-c3cccc(CN4CCOCC4)c3)n2)cc1. The number of amides is 1. The molecule has 1 N–H and O–H groups in total. The largest absolute Gasteiger partial charge is 0.497 e. The number of hydrogen-bond donors (Lipinski definition) is 1.